The molecular weight excluding hydrogens is 334 g/mol. The monoisotopic (exact) mass is 349 g/mol. The molecule has 1 atom stereocenters. The Hall–Kier alpha value is -1.64. The van der Waals surface area contributed by atoms with Crippen molar-refractivity contribution in [2.75, 3.05) is 23.7 Å². The lowest BCUT2D eigenvalue weighted by Crippen LogP contribution is -2.51. The van der Waals surface area contributed by atoms with E-state index in [0.29, 0.717) is 5.75 Å². The van der Waals surface area contributed by atoms with Gasteiger partial charge in [0, 0.05) is 18.8 Å². The molecule has 1 fully saturated rings. The van der Waals surface area contributed by atoms with Crippen LogP contribution in [0, 0.1) is 0 Å². The quantitative estimate of drug-likeness (QED) is 0.791. The zero-order chi connectivity index (χ0) is 16.0. The molecule has 0 N–H and O–H groups in total. The SMILES string of the molecule is CCN(CC)c1ccc2nc(C3=NC4(CS3)OOC4=O)sc2c1. The average Bonchev–Trinajstić information content (AvgIpc) is 3.19. The van der Waals surface area contributed by atoms with Crippen LogP contribution in [-0.4, -0.2) is 40.6 Å². The summed E-state index contributed by atoms with van der Waals surface area (Å²) in [5.41, 5.74) is 1.01. The molecule has 23 heavy (non-hydrogen) atoms. The summed E-state index contributed by atoms with van der Waals surface area (Å²) in [5, 5.41) is 1.56. The first-order chi connectivity index (χ1) is 11.1. The molecule has 0 aliphatic carbocycles. The lowest BCUT2D eigenvalue weighted by Gasteiger charge is -2.28. The van der Waals surface area contributed by atoms with Crippen LogP contribution in [0.2, 0.25) is 0 Å². The van der Waals surface area contributed by atoms with Gasteiger partial charge in [0.25, 0.3) is 0 Å². The van der Waals surface area contributed by atoms with E-state index in [2.05, 4.69) is 45.7 Å². The highest BCUT2D eigenvalue weighted by Gasteiger charge is 2.56. The van der Waals surface area contributed by atoms with Gasteiger partial charge in [-0.1, -0.05) is 11.8 Å². The molecule has 4 rings (SSSR count). The number of thioether (sulfide) groups is 1. The van der Waals surface area contributed by atoms with Crippen LogP contribution in [-0.2, 0) is 14.6 Å². The number of thiazole rings is 1. The van der Waals surface area contributed by atoms with Crippen molar-refractivity contribution in [1.82, 2.24) is 4.98 Å². The van der Waals surface area contributed by atoms with E-state index in [1.807, 2.05) is 6.07 Å². The van der Waals surface area contributed by atoms with Crippen molar-refractivity contribution in [2.45, 2.75) is 19.6 Å². The van der Waals surface area contributed by atoms with E-state index in [4.69, 9.17) is 4.89 Å². The minimum Gasteiger partial charge on any atom is -0.372 e. The van der Waals surface area contributed by atoms with E-state index in [9.17, 15) is 4.79 Å². The average molecular weight is 349 g/mol. The first kappa shape index (κ1) is 14.9. The van der Waals surface area contributed by atoms with E-state index in [0.717, 1.165) is 33.4 Å². The molecule has 2 aromatic rings. The van der Waals surface area contributed by atoms with Crippen LogP contribution in [0.3, 0.4) is 0 Å². The largest absolute Gasteiger partial charge is 0.401 e. The summed E-state index contributed by atoms with van der Waals surface area (Å²) in [6.45, 7) is 6.23. The molecule has 3 heterocycles. The Morgan fingerprint density at radius 1 is 1.35 bits per heavy atom. The second-order valence-corrected chi connectivity index (χ2v) is 7.28. The summed E-state index contributed by atoms with van der Waals surface area (Å²) in [7, 11) is 0. The second-order valence-electron chi connectivity index (χ2n) is 5.29. The molecule has 0 radical (unpaired) electrons. The lowest BCUT2D eigenvalue weighted by atomic mass is 10.2. The summed E-state index contributed by atoms with van der Waals surface area (Å²) < 4.78 is 1.12. The smallest absolute Gasteiger partial charge is 0.372 e. The summed E-state index contributed by atoms with van der Waals surface area (Å²) >= 11 is 3.06. The fraction of sp³-hybridized carbons (Fsp3) is 0.400. The zero-order valence-electron chi connectivity index (χ0n) is 12.7. The van der Waals surface area contributed by atoms with Gasteiger partial charge in [0.05, 0.1) is 16.0 Å². The molecule has 8 heteroatoms. The van der Waals surface area contributed by atoms with E-state index < -0.39 is 11.7 Å². The Bertz CT molecular complexity index is 815. The fourth-order valence-electron chi connectivity index (χ4n) is 2.61. The molecule has 1 spiro atoms. The Morgan fingerprint density at radius 3 is 2.78 bits per heavy atom. The Balaban J connectivity index is 1.68. The number of carbonyl (C=O) groups excluding carboxylic acids is 1. The Kier molecular flexibility index (Phi) is 3.55. The number of aromatic nitrogens is 1. The van der Waals surface area contributed by atoms with Crippen LogP contribution in [0.5, 0.6) is 0 Å². The Morgan fingerprint density at radius 2 is 2.17 bits per heavy atom. The summed E-state index contributed by atoms with van der Waals surface area (Å²) in [6.07, 6.45) is 0. The third-order valence-corrected chi connectivity index (χ3v) is 6.19. The van der Waals surface area contributed by atoms with Gasteiger partial charge in [0.15, 0.2) is 0 Å². The number of rotatable bonds is 4. The normalized spacial score (nSPS) is 23.0. The number of aliphatic imine (C=N–C) groups is 1. The van der Waals surface area contributed by atoms with Gasteiger partial charge in [0.2, 0.25) is 0 Å². The maximum absolute atomic E-state index is 11.5. The first-order valence-electron chi connectivity index (χ1n) is 7.44. The maximum atomic E-state index is 11.5. The molecule has 120 valence electrons. The number of benzene rings is 1. The lowest BCUT2D eigenvalue weighted by molar-refractivity contribution is -0.392. The molecule has 0 bridgehead atoms. The third kappa shape index (κ3) is 2.32. The Labute approximate surface area is 141 Å². The molecule has 0 amide bonds. The van der Waals surface area contributed by atoms with Gasteiger partial charge in [-0.15, -0.1) is 16.2 Å². The van der Waals surface area contributed by atoms with Gasteiger partial charge in [-0.2, -0.15) is 0 Å². The van der Waals surface area contributed by atoms with Crippen LogP contribution in [0.15, 0.2) is 23.2 Å². The molecule has 1 unspecified atom stereocenters. The number of carbonyl (C=O) groups is 1. The minimum absolute atomic E-state index is 0.426. The highest BCUT2D eigenvalue weighted by atomic mass is 32.2. The molecule has 0 saturated carbocycles. The summed E-state index contributed by atoms with van der Waals surface area (Å²) in [5.74, 6) is 0.0202. The van der Waals surface area contributed by atoms with Crippen LogP contribution in [0.25, 0.3) is 10.2 Å². The molecule has 6 nitrogen and oxygen atoms in total. The highest BCUT2D eigenvalue weighted by Crippen LogP contribution is 2.40. The van der Waals surface area contributed by atoms with Gasteiger partial charge < -0.3 is 4.90 Å². The summed E-state index contributed by atoms with van der Waals surface area (Å²) in [6, 6.07) is 6.29. The standard InChI is InChI=1S/C15H15N3O3S2/c1-3-18(4-2)9-5-6-10-11(7-9)23-12(16-10)13-17-15(8-22-13)14(19)20-21-15/h5-7H,3-4,8H2,1-2H3. The topological polar surface area (TPSA) is 64.0 Å². The van der Waals surface area contributed by atoms with Crippen molar-refractivity contribution in [3.63, 3.8) is 0 Å². The van der Waals surface area contributed by atoms with Gasteiger partial charge >= 0.3 is 11.7 Å². The van der Waals surface area contributed by atoms with Crippen molar-refractivity contribution in [3.05, 3.63) is 23.2 Å². The number of nitrogens with zero attached hydrogens (tertiary/aromatic N) is 3. The van der Waals surface area contributed by atoms with Crippen molar-refractivity contribution in [2.24, 2.45) is 4.99 Å². The number of anilines is 1. The predicted molar refractivity (Wildman–Crippen MR) is 92.1 cm³/mol. The van der Waals surface area contributed by atoms with E-state index in [1.54, 1.807) is 11.3 Å². The molecule has 2 aliphatic rings. The third-order valence-electron chi connectivity index (χ3n) is 3.94. The van der Waals surface area contributed by atoms with Crippen molar-refractivity contribution >= 4 is 50.0 Å². The molecule has 1 aromatic carbocycles. The van der Waals surface area contributed by atoms with E-state index in [1.165, 1.54) is 17.4 Å². The highest BCUT2D eigenvalue weighted by molar-refractivity contribution is 8.15. The van der Waals surface area contributed by atoms with Crippen LogP contribution >= 0.6 is 23.1 Å². The zero-order valence-corrected chi connectivity index (χ0v) is 14.4. The molecule has 2 aliphatic heterocycles. The van der Waals surface area contributed by atoms with Crippen molar-refractivity contribution in [3.8, 4) is 0 Å². The second kappa shape index (κ2) is 5.47. The van der Waals surface area contributed by atoms with Crippen LogP contribution in [0.1, 0.15) is 18.9 Å². The van der Waals surface area contributed by atoms with Crippen LogP contribution in [0.4, 0.5) is 5.69 Å². The van der Waals surface area contributed by atoms with E-state index in [-0.39, 0.29) is 0 Å². The van der Waals surface area contributed by atoms with Crippen molar-refractivity contribution in [1.29, 1.82) is 0 Å². The predicted octanol–water partition coefficient (Wildman–Crippen LogP) is 2.82. The fourth-order valence-corrected chi connectivity index (χ4v) is 4.74. The van der Waals surface area contributed by atoms with Gasteiger partial charge in [-0.25, -0.2) is 14.8 Å². The number of hydrogen-bond donors (Lipinski definition) is 0. The van der Waals surface area contributed by atoms with Gasteiger partial charge in [-0.3, -0.25) is 4.89 Å². The van der Waals surface area contributed by atoms with Crippen molar-refractivity contribution < 1.29 is 14.6 Å². The van der Waals surface area contributed by atoms with Gasteiger partial charge in [-0.05, 0) is 32.0 Å². The minimum atomic E-state index is -1.13. The summed E-state index contributed by atoms with van der Waals surface area (Å²) in [4.78, 5) is 32.1. The molecule has 1 aromatic heterocycles. The van der Waals surface area contributed by atoms with Gasteiger partial charge in [0.1, 0.15) is 10.1 Å². The number of hydrogen-bond acceptors (Lipinski definition) is 8. The number of fused-ring (bicyclic) bond motifs is 1. The molecule has 1 saturated heterocycles. The van der Waals surface area contributed by atoms with E-state index >= 15 is 0 Å². The van der Waals surface area contributed by atoms with Crippen LogP contribution < -0.4 is 4.90 Å². The first-order valence-corrected chi connectivity index (χ1v) is 9.24. The maximum Gasteiger partial charge on any atom is 0.401 e. The molecular formula is C15H15N3O3S2.